The predicted molar refractivity (Wildman–Crippen MR) is 60.5 cm³/mol. The quantitative estimate of drug-likeness (QED) is 0.856. The molecule has 0 bridgehead atoms. The zero-order chi connectivity index (χ0) is 10.5. The molecule has 1 aromatic heterocycles. The van der Waals surface area contributed by atoms with Gasteiger partial charge in [-0.15, -0.1) is 11.3 Å². The summed E-state index contributed by atoms with van der Waals surface area (Å²) in [6.45, 7) is 0. The van der Waals surface area contributed by atoms with E-state index in [2.05, 4.69) is 16.4 Å². The van der Waals surface area contributed by atoms with E-state index in [0.717, 1.165) is 10.6 Å². The molecule has 2 rings (SSSR count). The molecule has 1 aromatic carbocycles. The molecule has 1 unspecified atom stereocenters. The highest BCUT2D eigenvalue weighted by atomic mass is 32.1. The third-order valence-electron chi connectivity index (χ3n) is 1.95. The van der Waals surface area contributed by atoms with E-state index in [4.69, 9.17) is 5.26 Å². The number of anilines is 1. The molecule has 1 atom stereocenters. The topological polar surface area (TPSA) is 48.7 Å². The third kappa shape index (κ3) is 2.33. The molecule has 0 fully saturated rings. The first-order valence-corrected chi connectivity index (χ1v) is 5.37. The Morgan fingerprint density at radius 2 is 2.13 bits per heavy atom. The number of thiazole rings is 1. The average Bonchev–Trinajstić information content (AvgIpc) is 2.81. The Morgan fingerprint density at radius 3 is 2.73 bits per heavy atom. The van der Waals surface area contributed by atoms with Crippen LogP contribution in [0, 0.1) is 11.3 Å². The van der Waals surface area contributed by atoms with Crippen molar-refractivity contribution in [1.82, 2.24) is 4.98 Å². The molecule has 0 saturated heterocycles. The molecule has 0 radical (unpaired) electrons. The van der Waals surface area contributed by atoms with Crippen LogP contribution < -0.4 is 5.32 Å². The zero-order valence-corrected chi connectivity index (χ0v) is 8.74. The number of nitrogens with zero attached hydrogens (tertiary/aromatic N) is 2. The van der Waals surface area contributed by atoms with Crippen LogP contribution in [0.3, 0.4) is 0 Å². The summed E-state index contributed by atoms with van der Waals surface area (Å²) in [5.74, 6) is 0. The van der Waals surface area contributed by atoms with Crippen molar-refractivity contribution in [2.24, 2.45) is 0 Å². The largest absolute Gasteiger partial charge is 0.365 e. The second-order valence-electron chi connectivity index (χ2n) is 2.98. The fourth-order valence-corrected chi connectivity index (χ4v) is 1.85. The van der Waals surface area contributed by atoms with E-state index in [9.17, 15) is 0 Å². The Kier molecular flexibility index (Phi) is 2.96. The van der Waals surface area contributed by atoms with Gasteiger partial charge in [0.15, 0.2) is 6.04 Å². The Hall–Kier alpha value is -1.86. The van der Waals surface area contributed by atoms with Crippen LogP contribution in [0.15, 0.2) is 42.0 Å². The van der Waals surface area contributed by atoms with Crippen LogP contribution in [0.5, 0.6) is 0 Å². The van der Waals surface area contributed by atoms with Gasteiger partial charge in [0.25, 0.3) is 0 Å². The second-order valence-corrected chi connectivity index (χ2v) is 3.89. The summed E-state index contributed by atoms with van der Waals surface area (Å²) in [6.07, 6.45) is 1.72. The fourth-order valence-electron chi connectivity index (χ4n) is 1.24. The van der Waals surface area contributed by atoms with Crippen molar-refractivity contribution in [2.75, 3.05) is 5.32 Å². The van der Waals surface area contributed by atoms with Crippen molar-refractivity contribution >= 4 is 17.0 Å². The summed E-state index contributed by atoms with van der Waals surface area (Å²) in [5, 5.41) is 12.2. The second kappa shape index (κ2) is 4.58. The highest BCUT2D eigenvalue weighted by Crippen LogP contribution is 2.21. The number of hydrogen-bond acceptors (Lipinski definition) is 4. The normalized spacial score (nSPS) is 11.7. The first-order chi connectivity index (χ1) is 7.40. The lowest BCUT2D eigenvalue weighted by molar-refractivity contribution is 1.02. The van der Waals surface area contributed by atoms with Crippen molar-refractivity contribution in [3.05, 3.63) is 46.9 Å². The minimum Gasteiger partial charge on any atom is -0.365 e. The lowest BCUT2D eigenvalue weighted by Crippen LogP contribution is -2.06. The maximum atomic E-state index is 9.03. The number of nitrogens with one attached hydrogen (secondary N) is 1. The lowest BCUT2D eigenvalue weighted by Gasteiger charge is -2.10. The molecule has 0 saturated carbocycles. The van der Waals surface area contributed by atoms with Crippen LogP contribution in [-0.2, 0) is 0 Å². The minimum absolute atomic E-state index is 0.320. The van der Waals surface area contributed by atoms with E-state index in [1.54, 1.807) is 11.7 Å². The minimum atomic E-state index is -0.320. The van der Waals surface area contributed by atoms with Crippen LogP contribution in [0.1, 0.15) is 10.9 Å². The summed E-state index contributed by atoms with van der Waals surface area (Å²) in [5.41, 5.74) is 2.67. The van der Waals surface area contributed by atoms with E-state index in [0.29, 0.717) is 0 Å². The smallest absolute Gasteiger partial charge is 0.151 e. The highest BCUT2D eigenvalue weighted by Gasteiger charge is 2.10. The van der Waals surface area contributed by atoms with E-state index in [1.807, 2.05) is 30.3 Å². The van der Waals surface area contributed by atoms with Gasteiger partial charge in [0.2, 0.25) is 0 Å². The van der Waals surface area contributed by atoms with Crippen LogP contribution in [0.2, 0.25) is 0 Å². The molecule has 2 aromatic rings. The molecule has 15 heavy (non-hydrogen) atoms. The maximum Gasteiger partial charge on any atom is 0.151 e. The first kappa shape index (κ1) is 9.69. The summed E-state index contributed by atoms with van der Waals surface area (Å²) < 4.78 is 0. The van der Waals surface area contributed by atoms with E-state index in [1.165, 1.54) is 11.3 Å². The summed E-state index contributed by atoms with van der Waals surface area (Å²) in [4.78, 5) is 4.89. The van der Waals surface area contributed by atoms with Crippen molar-refractivity contribution in [1.29, 1.82) is 5.26 Å². The van der Waals surface area contributed by atoms with E-state index < -0.39 is 0 Å². The van der Waals surface area contributed by atoms with Crippen LogP contribution >= 0.6 is 11.3 Å². The highest BCUT2D eigenvalue weighted by molar-refractivity contribution is 7.09. The molecule has 0 aliphatic rings. The van der Waals surface area contributed by atoms with Gasteiger partial charge in [0, 0.05) is 11.9 Å². The SMILES string of the molecule is N#CC(Nc1ccccc1)c1cncs1. The molecule has 3 nitrogen and oxygen atoms in total. The standard InChI is InChI=1S/C11H9N3S/c12-6-10(11-7-13-8-15-11)14-9-4-2-1-3-5-9/h1-5,7-8,10,14H. The first-order valence-electron chi connectivity index (χ1n) is 4.50. The third-order valence-corrected chi connectivity index (χ3v) is 2.79. The molecule has 1 heterocycles. The van der Waals surface area contributed by atoms with Gasteiger partial charge in [-0.3, -0.25) is 4.98 Å². The van der Waals surface area contributed by atoms with Gasteiger partial charge in [-0.2, -0.15) is 5.26 Å². The molecule has 74 valence electrons. The van der Waals surface area contributed by atoms with Gasteiger partial charge in [0.1, 0.15) is 0 Å². The van der Waals surface area contributed by atoms with Gasteiger partial charge in [-0.05, 0) is 12.1 Å². The molecule has 1 N–H and O–H groups in total. The Labute approximate surface area is 92.0 Å². The van der Waals surface area contributed by atoms with Crippen molar-refractivity contribution in [2.45, 2.75) is 6.04 Å². The molecule has 4 heteroatoms. The summed E-state index contributed by atoms with van der Waals surface area (Å²) in [7, 11) is 0. The van der Waals surface area contributed by atoms with Crippen LogP contribution in [-0.4, -0.2) is 4.98 Å². The Bertz CT molecular complexity index is 444. The summed E-state index contributed by atoms with van der Waals surface area (Å²) >= 11 is 1.48. The van der Waals surface area contributed by atoms with Crippen molar-refractivity contribution in [3.8, 4) is 6.07 Å². The lowest BCUT2D eigenvalue weighted by atomic mass is 10.2. The number of hydrogen-bond donors (Lipinski definition) is 1. The molecule has 0 aliphatic carbocycles. The number of aromatic nitrogens is 1. The van der Waals surface area contributed by atoms with E-state index in [-0.39, 0.29) is 6.04 Å². The fraction of sp³-hybridized carbons (Fsp3) is 0.0909. The predicted octanol–water partition coefficient (Wildman–Crippen LogP) is 2.82. The number of para-hydroxylation sites is 1. The van der Waals surface area contributed by atoms with Crippen LogP contribution in [0.25, 0.3) is 0 Å². The Balaban J connectivity index is 2.14. The molecule has 0 aliphatic heterocycles. The van der Waals surface area contributed by atoms with Crippen LogP contribution in [0.4, 0.5) is 5.69 Å². The van der Waals surface area contributed by atoms with Crippen molar-refractivity contribution < 1.29 is 0 Å². The van der Waals surface area contributed by atoms with Crippen molar-refractivity contribution in [3.63, 3.8) is 0 Å². The van der Waals surface area contributed by atoms with Gasteiger partial charge >= 0.3 is 0 Å². The molecular formula is C11H9N3S. The monoisotopic (exact) mass is 215 g/mol. The number of rotatable bonds is 3. The number of nitriles is 1. The van der Waals surface area contributed by atoms with Gasteiger partial charge in [0.05, 0.1) is 16.5 Å². The number of benzene rings is 1. The molecular weight excluding hydrogens is 206 g/mol. The van der Waals surface area contributed by atoms with E-state index >= 15 is 0 Å². The molecule has 0 spiro atoms. The van der Waals surface area contributed by atoms with Gasteiger partial charge < -0.3 is 5.32 Å². The van der Waals surface area contributed by atoms with Gasteiger partial charge in [-0.25, -0.2) is 0 Å². The average molecular weight is 215 g/mol. The zero-order valence-electron chi connectivity index (χ0n) is 7.92. The molecule has 0 amide bonds. The van der Waals surface area contributed by atoms with Gasteiger partial charge in [-0.1, -0.05) is 18.2 Å². The maximum absolute atomic E-state index is 9.03. The summed E-state index contributed by atoms with van der Waals surface area (Å²) in [6, 6.07) is 11.6. The Morgan fingerprint density at radius 1 is 1.33 bits per heavy atom.